The highest BCUT2D eigenvalue weighted by atomic mass is 16.5. The summed E-state index contributed by atoms with van der Waals surface area (Å²) in [7, 11) is 0. The van der Waals surface area contributed by atoms with Crippen molar-refractivity contribution in [2.24, 2.45) is 0 Å². The zero-order chi connectivity index (χ0) is 18.6. The van der Waals surface area contributed by atoms with Gasteiger partial charge < -0.3 is 9.30 Å². The molecule has 3 aromatic rings. The van der Waals surface area contributed by atoms with Crippen LogP contribution in [0, 0.1) is 6.92 Å². The van der Waals surface area contributed by atoms with Gasteiger partial charge in [0.15, 0.2) is 0 Å². The fraction of sp³-hybridized carbons (Fsp3) is 0.381. The fourth-order valence-electron chi connectivity index (χ4n) is 3.43. The zero-order valence-electron chi connectivity index (χ0n) is 15.6. The highest BCUT2D eigenvalue weighted by molar-refractivity contribution is 5.80. The van der Waals surface area contributed by atoms with Crippen LogP contribution in [0.4, 0.5) is 0 Å². The number of pyridine rings is 3. The Bertz CT molecular complexity index is 993. The lowest BCUT2D eigenvalue weighted by Gasteiger charge is -2.26. The van der Waals surface area contributed by atoms with Gasteiger partial charge in [0.1, 0.15) is 0 Å². The van der Waals surface area contributed by atoms with Crippen molar-refractivity contribution in [3.63, 3.8) is 0 Å². The summed E-state index contributed by atoms with van der Waals surface area (Å²) in [5.41, 5.74) is 4.71. The van der Waals surface area contributed by atoms with Gasteiger partial charge in [-0.15, -0.1) is 0 Å². The van der Waals surface area contributed by atoms with E-state index in [-0.39, 0.29) is 5.56 Å². The van der Waals surface area contributed by atoms with Crippen LogP contribution in [0.25, 0.3) is 22.2 Å². The molecular weight excluding hydrogens is 340 g/mol. The maximum absolute atomic E-state index is 12.2. The van der Waals surface area contributed by atoms with Gasteiger partial charge in [-0.2, -0.15) is 0 Å². The van der Waals surface area contributed by atoms with Crippen LogP contribution in [0.2, 0.25) is 0 Å². The van der Waals surface area contributed by atoms with Crippen LogP contribution in [0.5, 0.6) is 0 Å². The van der Waals surface area contributed by atoms with Gasteiger partial charge in [0.05, 0.1) is 24.2 Å². The van der Waals surface area contributed by atoms with Crippen LogP contribution >= 0.6 is 0 Å². The molecule has 0 spiro atoms. The minimum absolute atomic E-state index is 0.0310. The molecule has 6 heteroatoms. The monoisotopic (exact) mass is 364 g/mol. The number of morpholine rings is 1. The lowest BCUT2D eigenvalue weighted by Crippen LogP contribution is -2.37. The van der Waals surface area contributed by atoms with Crippen LogP contribution in [0.15, 0.2) is 47.5 Å². The van der Waals surface area contributed by atoms with Gasteiger partial charge in [-0.1, -0.05) is 0 Å². The molecule has 4 rings (SSSR count). The average molecular weight is 364 g/mol. The van der Waals surface area contributed by atoms with Gasteiger partial charge in [0.2, 0.25) is 0 Å². The van der Waals surface area contributed by atoms with Crippen molar-refractivity contribution >= 4 is 11.0 Å². The second kappa shape index (κ2) is 7.98. The van der Waals surface area contributed by atoms with Gasteiger partial charge in [-0.05, 0) is 43.2 Å². The topological polar surface area (TPSA) is 60.2 Å². The molecule has 1 saturated heterocycles. The predicted molar refractivity (Wildman–Crippen MR) is 106 cm³/mol. The van der Waals surface area contributed by atoms with Crippen molar-refractivity contribution in [3.05, 3.63) is 58.8 Å². The molecule has 0 unspecified atom stereocenters. The van der Waals surface area contributed by atoms with Gasteiger partial charge in [0.25, 0.3) is 5.56 Å². The summed E-state index contributed by atoms with van der Waals surface area (Å²) in [4.78, 5) is 23.7. The summed E-state index contributed by atoms with van der Waals surface area (Å²) in [6, 6.07) is 9.47. The molecular formula is C21H24N4O2. The number of hydrogen-bond donors (Lipinski definition) is 0. The Morgan fingerprint density at radius 2 is 1.89 bits per heavy atom. The first-order valence-corrected chi connectivity index (χ1v) is 9.43. The van der Waals surface area contributed by atoms with E-state index in [0.29, 0.717) is 6.54 Å². The maximum Gasteiger partial charge on any atom is 0.250 e. The lowest BCUT2D eigenvalue weighted by molar-refractivity contribution is 0.0369. The fourth-order valence-corrected chi connectivity index (χ4v) is 3.43. The summed E-state index contributed by atoms with van der Waals surface area (Å²) in [5.74, 6) is 0. The van der Waals surface area contributed by atoms with Crippen molar-refractivity contribution < 1.29 is 4.74 Å². The Balaban J connectivity index is 1.52. The molecule has 0 aliphatic carbocycles. The van der Waals surface area contributed by atoms with Crippen LogP contribution in [-0.4, -0.2) is 52.3 Å². The van der Waals surface area contributed by atoms with Crippen LogP contribution in [-0.2, 0) is 11.3 Å². The molecule has 0 aromatic carbocycles. The third-order valence-electron chi connectivity index (χ3n) is 4.97. The molecule has 1 aliphatic heterocycles. The van der Waals surface area contributed by atoms with E-state index in [1.807, 2.05) is 43.6 Å². The average Bonchev–Trinajstić information content (AvgIpc) is 2.69. The number of rotatable bonds is 5. The Hall–Kier alpha value is -2.57. The van der Waals surface area contributed by atoms with E-state index in [1.54, 1.807) is 10.6 Å². The number of aryl methyl sites for hydroxylation is 2. The minimum atomic E-state index is 0.0310. The normalized spacial score (nSPS) is 15.3. The zero-order valence-corrected chi connectivity index (χ0v) is 15.6. The molecule has 4 heterocycles. The second-order valence-electron chi connectivity index (χ2n) is 6.97. The smallest absolute Gasteiger partial charge is 0.250 e. The SMILES string of the molecule is Cc1ccc2ncc(-c3ccc(=O)n(CCCN4CCOCC4)c3)cc2n1. The minimum Gasteiger partial charge on any atom is -0.379 e. The van der Waals surface area contributed by atoms with Crippen molar-refractivity contribution in [2.45, 2.75) is 19.9 Å². The number of hydrogen-bond acceptors (Lipinski definition) is 5. The number of fused-ring (bicyclic) bond motifs is 1. The van der Waals surface area contributed by atoms with Gasteiger partial charge in [-0.3, -0.25) is 19.7 Å². The molecule has 0 atom stereocenters. The summed E-state index contributed by atoms with van der Waals surface area (Å²) in [6.45, 7) is 7.23. The molecule has 1 fully saturated rings. The predicted octanol–water partition coefficient (Wildman–Crippen LogP) is 2.49. The molecule has 0 saturated carbocycles. The van der Waals surface area contributed by atoms with Crippen molar-refractivity contribution in [1.82, 2.24) is 19.4 Å². The molecule has 27 heavy (non-hydrogen) atoms. The Labute approximate surface area is 158 Å². The molecule has 0 amide bonds. The largest absolute Gasteiger partial charge is 0.379 e. The number of ether oxygens (including phenoxy) is 1. The van der Waals surface area contributed by atoms with E-state index in [0.717, 1.165) is 67.1 Å². The quantitative estimate of drug-likeness (QED) is 0.696. The van der Waals surface area contributed by atoms with E-state index < -0.39 is 0 Å². The highest BCUT2D eigenvalue weighted by Gasteiger charge is 2.10. The summed E-state index contributed by atoms with van der Waals surface area (Å²) in [5, 5.41) is 0. The van der Waals surface area contributed by atoms with Crippen LogP contribution in [0.3, 0.4) is 0 Å². The Morgan fingerprint density at radius 3 is 2.74 bits per heavy atom. The Kier molecular flexibility index (Phi) is 5.27. The molecule has 0 bridgehead atoms. The number of aromatic nitrogens is 3. The maximum atomic E-state index is 12.2. The lowest BCUT2D eigenvalue weighted by atomic mass is 10.1. The number of nitrogens with zero attached hydrogens (tertiary/aromatic N) is 4. The van der Waals surface area contributed by atoms with Crippen molar-refractivity contribution in [3.8, 4) is 11.1 Å². The first-order valence-electron chi connectivity index (χ1n) is 9.43. The molecule has 0 N–H and O–H groups in total. The van der Waals surface area contributed by atoms with E-state index in [2.05, 4.69) is 14.9 Å². The van der Waals surface area contributed by atoms with E-state index in [1.165, 1.54) is 0 Å². The molecule has 1 aliphatic rings. The Morgan fingerprint density at radius 1 is 1.04 bits per heavy atom. The highest BCUT2D eigenvalue weighted by Crippen LogP contribution is 2.21. The van der Waals surface area contributed by atoms with E-state index in [9.17, 15) is 4.79 Å². The molecule has 6 nitrogen and oxygen atoms in total. The van der Waals surface area contributed by atoms with Crippen molar-refractivity contribution in [2.75, 3.05) is 32.8 Å². The van der Waals surface area contributed by atoms with Gasteiger partial charge >= 0.3 is 0 Å². The van der Waals surface area contributed by atoms with Crippen molar-refractivity contribution in [1.29, 1.82) is 0 Å². The third-order valence-corrected chi connectivity index (χ3v) is 4.97. The first kappa shape index (κ1) is 17.8. The first-order chi connectivity index (χ1) is 13.2. The van der Waals surface area contributed by atoms with Gasteiger partial charge in [0, 0.05) is 55.9 Å². The summed E-state index contributed by atoms with van der Waals surface area (Å²) < 4.78 is 7.17. The van der Waals surface area contributed by atoms with E-state index >= 15 is 0 Å². The molecule has 3 aromatic heterocycles. The second-order valence-corrected chi connectivity index (χ2v) is 6.97. The van der Waals surface area contributed by atoms with E-state index in [4.69, 9.17) is 4.74 Å². The summed E-state index contributed by atoms with van der Waals surface area (Å²) in [6.07, 6.45) is 4.72. The van der Waals surface area contributed by atoms with Crippen LogP contribution < -0.4 is 5.56 Å². The summed E-state index contributed by atoms with van der Waals surface area (Å²) >= 11 is 0. The standard InChI is InChI=1S/C21H24N4O2/c1-16-3-5-19-20(23-16)13-18(14-22-19)17-4-6-21(26)25(15-17)8-2-7-24-9-11-27-12-10-24/h3-6,13-15H,2,7-12H2,1H3. The van der Waals surface area contributed by atoms with Crippen LogP contribution in [0.1, 0.15) is 12.1 Å². The van der Waals surface area contributed by atoms with Gasteiger partial charge in [-0.25, -0.2) is 0 Å². The molecule has 140 valence electrons. The molecule has 0 radical (unpaired) electrons. The third kappa shape index (κ3) is 4.23.